The van der Waals surface area contributed by atoms with Crippen molar-refractivity contribution in [3.05, 3.63) is 35.4 Å². The summed E-state index contributed by atoms with van der Waals surface area (Å²) in [4.78, 5) is 13.4. The zero-order chi connectivity index (χ0) is 12.3. The number of ether oxygens (including phenoxy) is 1. The summed E-state index contributed by atoms with van der Waals surface area (Å²) in [6, 6.07) is 7.57. The first kappa shape index (κ1) is 12.1. The van der Waals surface area contributed by atoms with Gasteiger partial charge in [0.25, 0.3) is 0 Å². The van der Waals surface area contributed by atoms with Crippen molar-refractivity contribution in [3.63, 3.8) is 0 Å². The van der Waals surface area contributed by atoms with Crippen LogP contribution in [-0.4, -0.2) is 32.2 Å². The van der Waals surface area contributed by atoms with Gasteiger partial charge < -0.3 is 9.64 Å². The topological polar surface area (TPSA) is 30.7 Å². The lowest BCUT2D eigenvalue weighted by molar-refractivity contribution is -0.888. The smallest absolute Gasteiger partial charge is 0.338 e. The number of carbonyl (C=O) groups excluding carboxylic acids is 1. The van der Waals surface area contributed by atoms with Crippen molar-refractivity contribution in [2.75, 3.05) is 20.1 Å². The highest BCUT2D eigenvalue weighted by molar-refractivity contribution is 5.89. The molecule has 1 saturated heterocycles. The van der Waals surface area contributed by atoms with Gasteiger partial charge in [0.1, 0.15) is 6.54 Å². The second kappa shape index (κ2) is 5.32. The normalized spacial score (nSPS) is 24.4. The zero-order valence-electron chi connectivity index (χ0n) is 10.5. The van der Waals surface area contributed by atoms with Crippen molar-refractivity contribution in [1.29, 1.82) is 0 Å². The van der Waals surface area contributed by atoms with Gasteiger partial charge in [-0.1, -0.05) is 17.7 Å². The van der Waals surface area contributed by atoms with Crippen LogP contribution in [0.25, 0.3) is 0 Å². The van der Waals surface area contributed by atoms with E-state index in [1.165, 1.54) is 11.4 Å². The summed E-state index contributed by atoms with van der Waals surface area (Å²) in [5.74, 6) is -0.187. The van der Waals surface area contributed by atoms with Crippen molar-refractivity contribution >= 4 is 5.97 Å². The van der Waals surface area contributed by atoms with E-state index in [9.17, 15) is 4.79 Å². The van der Waals surface area contributed by atoms with Gasteiger partial charge >= 0.3 is 5.97 Å². The van der Waals surface area contributed by atoms with Crippen LogP contribution in [0, 0.1) is 6.92 Å². The number of rotatable bonds is 2. The van der Waals surface area contributed by atoms with Crippen LogP contribution in [0.1, 0.15) is 28.8 Å². The number of nitrogens with one attached hydrogen (secondary N) is 1. The molecular formula is C14H20NO2+. The van der Waals surface area contributed by atoms with Crippen molar-refractivity contribution < 1.29 is 14.4 Å². The molecule has 2 rings (SSSR count). The van der Waals surface area contributed by atoms with E-state index in [-0.39, 0.29) is 12.1 Å². The fourth-order valence-electron chi connectivity index (χ4n) is 2.32. The molecule has 0 radical (unpaired) electrons. The number of hydrogen-bond acceptors (Lipinski definition) is 2. The fourth-order valence-corrected chi connectivity index (χ4v) is 2.32. The average Bonchev–Trinajstić information content (AvgIpc) is 2.29. The minimum atomic E-state index is -0.187. The molecule has 1 aromatic rings. The molecule has 0 aromatic heterocycles. The molecule has 92 valence electrons. The van der Waals surface area contributed by atoms with Gasteiger partial charge in [-0.2, -0.15) is 0 Å². The third kappa shape index (κ3) is 3.30. The summed E-state index contributed by atoms with van der Waals surface area (Å²) in [7, 11) is 2.15. The van der Waals surface area contributed by atoms with E-state index in [1.54, 1.807) is 0 Å². The van der Waals surface area contributed by atoms with Gasteiger partial charge in [0, 0.05) is 6.42 Å². The molecule has 1 aliphatic heterocycles. The molecule has 1 aromatic carbocycles. The fraction of sp³-hybridized carbons (Fsp3) is 0.500. The quantitative estimate of drug-likeness (QED) is 0.768. The Morgan fingerprint density at radius 3 is 3.00 bits per heavy atom. The van der Waals surface area contributed by atoms with Crippen LogP contribution in [-0.2, 0) is 4.74 Å². The Labute approximate surface area is 102 Å². The Bertz CT molecular complexity index is 403. The first-order chi connectivity index (χ1) is 8.15. The van der Waals surface area contributed by atoms with Gasteiger partial charge in [-0.3, -0.25) is 0 Å². The number of esters is 1. The average molecular weight is 234 g/mol. The first-order valence-corrected chi connectivity index (χ1v) is 6.24. The van der Waals surface area contributed by atoms with Crippen LogP contribution in [0.2, 0.25) is 0 Å². The number of likely N-dealkylation sites (N-methyl/N-ethyl adjacent to an activating group) is 1. The van der Waals surface area contributed by atoms with Crippen LogP contribution >= 0.6 is 0 Å². The highest BCUT2D eigenvalue weighted by Gasteiger charge is 2.24. The van der Waals surface area contributed by atoms with E-state index in [2.05, 4.69) is 7.05 Å². The zero-order valence-corrected chi connectivity index (χ0v) is 10.5. The molecule has 0 aliphatic carbocycles. The Balaban J connectivity index is 1.97. The number of benzene rings is 1. The van der Waals surface area contributed by atoms with E-state index >= 15 is 0 Å². The van der Waals surface area contributed by atoms with Gasteiger partial charge in [0.15, 0.2) is 6.10 Å². The van der Waals surface area contributed by atoms with E-state index < -0.39 is 0 Å². The summed E-state index contributed by atoms with van der Waals surface area (Å²) >= 11 is 0. The largest absolute Gasteiger partial charge is 0.453 e. The Hall–Kier alpha value is -1.35. The number of carbonyl (C=O) groups is 1. The highest BCUT2D eigenvalue weighted by Crippen LogP contribution is 2.10. The Morgan fingerprint density at radius 1 is 1.47 bits per heavy atom. The summed E-state index contributed by atoms with van der Waals surface area (Å²) in [5, 5.41) is 0. The van der Waals surface area contributed by atoms with Crippen LogP contribution in [0.15, 0.2) is 24.3 Å². The number of likely N-dealkylation sites (tertiary alicyclic amines) is 1. The summed E-state index contributed by atoms with van der Waals surface area (Å²) < 4.78 is 5.54. The van der Waals surface area contributed by atoms with Gasteiger partial charge in [-0.05, 0) is 25.5 Å². The third-order valence-electron chi connectivity index (χ3n) is 3.23. The van der Waals surface area contributed by atoms with Crippen LogP contribution < -0.4 is 4.90 Å². The maximum absolute atomic E-state index is 11.9. The molecule has 1 fully saturated rings. The monoisotopic (exact) mass is 234 g/mol. The molecule has 2 unspecified atom stereocenters. The number of piperidine rings is 1. The van der Waals surface area contributed by atoms with Crippen molar-refractivity contribution in [2.24, 2.45) is 0 Å². The van der Waals surface area contributed by atoms with Gasteiger partial charge in [0.2, 0.25) is 0 Å². The van der Waals surface area contributed by atoms with E-state index in [0.717, 1.165) is 24.9 Å². The molecular weight excluding hydrogens is 214 g/mol. The number of quaternary nitrogens is 1. The predicted octanol–water partition coefficient (Wildman–Crippen LogP) is 0.829. The van der Waals surface area contributed by atoms with Gasteiger partial charge in [-0.15, -0.1) is 0 Å². The first-order valence-electron chi connectivity index (χ1n) is 6.24. The van der Waals surface area contributed by atoms with Crippen LogP contribution in [0.4, 0.5) is 0 Å². The minimum Gasteiger partial charge on any atom is -0.453 e. The molecule has 0 bridgehead atoms. The number of hydrogen-bond donors (Lipinski definition) is 1. The maximum atomic E-state index is 11.9. The van der Waals surface area contributed by atoms with E-state index in [4.69, 9.17) is 4.74 Å². The molecule has 3 nitrogen and oxygen atoms in total. The molecule has 2 atom stereocenters. The molecule has 1 N–H and O–H groups in total. The second-order valence-electron chi connectivity index (χ2n) is 4.95. The third-order valence-corrected chi connectivity index (χ3v) is 3.23. The second-order valence-corrected chi connectivity index (χ2v) is 4.95. The SMILES string of the molecule is Cc1cccc(C(=O)OC2CCC[NH+](C)C2)c1. The van der Waals surface area contributed by atoms with Crippen molar-refractivity contribution in [2.45, 2.75) is 25.9 Å². The molecule has 0 saturated carbocycles. The number of aryl methyl sites for hydroxylation is 1. The summed E-state index contributed by atoms with van der Waals surface area (Å²) in [6.07, 6.45) is 2.21. The molecule has 0 spiro atoms. The van der Waals surface area contributed by atoms with Crippen LogP contribution in [0.3, 0.4) is 0 Å². The molecule has 17 heavy (non-hydrogen) atoms. The van der Waals surface area contributed by atoms with Gasteiger partial charge in [-0.25, -0.2) is 4.79 Å². The van der Waals surface area contributed by atoms with E-state index in [1.807, 2.05) is 31.2 Å². The molecule has 0 amide bonds. The lowest BCUT2D eigenvalue weighted by Crippen LogP contribution is -3.11. The van der Waals surface area contributed by atoms with Crippen LogP contribution in [0.5, 0.6) is 0 Å². The standard InChI is InChI=1S/C14H19NO2/c1-11-5-3-6-12(9-11)14(16)17-13-7-4-8-15(2)10-13/h3,5-6,9,13H,4,7-8,10H2,1-2H3/p+1. The maximum Gasteiger partial charge on any atom is 0.338 e. The Morgan fingerprint density at radius 2 is 2.29 bits per heavy atom. The molecule has 3 heteroatoms. The molecule has 1 heterocycles. The van der Waals surface area contributed by atoms with Crippen molar-refractivity contribution in [3.8, 4) is 0 Å². The summed E-state index contributed by atoms with van der Waals surface area (Å²) in [5.41, 5.74) is 1.75. The Kier molecular flexibility index (Phi) is 3.79. The van der Waals surface area contributed by atoms with E-state index in [0.29, 0.717) is 5.56 Å². The molecule has 1 aliphatic rings. The lowest BCUT2D eigenvalue weighted by Gasteiger charge is -2.26. The highest BCUT2D eigenvalue weighted by atomic mass is 16.5. The van der Waals surface area contributed by atoms with Gasteiger partial charge in [0.05, 0.1) is 19.2 Å². The lowest BCUT2D eigenvalue weighted by atomic mass is 10.1. The van der Waals surface area contributed by atoms with Crippen molar-refractivity contribution in [1.82, 2.24) is 0 Å². The minimum absolute atomic E-state index is 0.0803. The predicted molar refractivity (Wildman–Crippen MR) is 66.2 cm³/mol. The summed E-state index contributed by atoms with van der Waals surface area (Å²) in [6.45, 7) is 4.09.